The molecule has 4 rings (SSSR count). The van der Waals surface area contributed by atoms with Crippen LogP contribution in [-0.4, -0.2) is 23.5 Å². The van der Waals surface area contributed by atoms with Crippen LogP contribution in [0.2, 0.25) is 0 Å². The molecule has 2 atom stereocenters. The second-order valence-electron chi connectivity index (χ2n) is 7.84. The lowest BCUT2D eigenvalue weighted by Crippen LogP contribution is -2.53. The molecule has 1 saturated heterocycles. The summed E-state index contributed by atoms with van der Waals surface area (Å²) in [5.41, 5.74) is -0.607. The molecule has 5 heteroatoms. The van der Waals surface area contributed by atoms with E-state index in [2.05, 4.69) is 12.2 Å². The lowest BCUT2D eigenvalue weighted by molar-refractivity contribution is -0.122. The number of aromatic hydroxyl groups is 1. The molecule has 0 amide bonds. The Hall–Kier alpha value is -2.14. The van der Waals surface area contributed by atoms with Crippen LogP contribution in [0.1, 0.15) is 50.5 Å². The van der Waals surface area contributed by atoms with Crippen molar-refractivity contribution in [2.24, 2.45) is 5.92 Å². The van der Waals surface area contributed by atoms with Crippen LogP contribution in [0.25, 0.3) is 11.0 Å². The Bertz CT molecular complexity index is 912. The molecule has 2 heterocycles. The molecule has 1 unspecified atom stereocenters. The largest absolute Gasteiger partial charge is 0.507 e. The van der Waals surface area contributed by atoms with Crippen molar-refractivity contribution in [3.05, 3.63) is 47.2 Å². The van der Waals surface area contributed by atoms with Crippen LogP contribution in [-0.2, 0) is 10.2 Å². The van der Waals surface area contributed by atoms with Gasteiger partial charge in [0, 0.05) is 11.8 Å². The first-order chi connectivity index (χ1) is 13.1. The van der Waals surface area contributed by atoms with E-state index in [0.29, 0.717) is 23.9 Å². The van der Waals surface area contributed by atoms with Gasteiger partial charge in [-0.25, -0.2) is 4.79 Å². The second-order valence-corrected chi connectivity index (χ2v) is 7.84. The lowest BCUT2D eigenvalue weighted by atomic mass is 9.60. The number of hydrogen-bond acceptors (Lipinski definition) is 5. The van der Waals surface area contributed by atoms with E-state index in [0.717, 1.165) is 25.7 Å². The van der Waals surface area contributed by atoms with E-state index in [9.17, 15) is 14.7 Å². The summed E-state index contributed by atoms with van der Waals surface area (Å²) in [6.45, 7) is 4.41. The van der Waals surface area contributed by atoms with Crippen molar-refractivity contribution in [2.45, 2.75) is 56.4 Å². The van der Waals surface area contributed by atoms with E-state index in [4.69, 9.17) is 4.42 Å². The Morgan fingerprint density at radius 2 is 2.00 bits per heavy atom. The highest BCUT2D eigenvalue weighted by atomic mass is 16.4. The molecule has 0 spiro atoms. The number of nitrogens with one attached hydrogen (secondary N) is 1. The zero-order valence-corrected chi connectivity index (χ0v) is 15.5. The summed E-state index contributed by atoms with van der Waals surface area (Å²) in [4.78, 5) is 25.9. The molecule has 1 aromatic heterocycles. The van der Waals surface area contributed by atoms with E-state index in [1.165, 1.54) is 6.42 Å². The van der Waals surface area contributed by atoms with Crippen molar-refractivity contribution in [3.63, 3.8) is 0 Å². The predicted octanol–water partition coefficient (Wildman–Crippen LogP) is 3.47. The molecular formula is C22H26NO4. The molecule has 5 nitrogen and oxygen atoms in total. The molecule has 2 aliphatic rings. The van der Waals surface area contributed by atoms with Crippen molar-refractivity contribution < 1.29 is 14.3 Å². The van der Waals surface area contributed by atoms with Crippen molar-refractivity contribution in [3.8, 4) is 5.75 Å². The van der Waals surface area contributed by atoms with Crippen LogP contribution in [0.15, 0.2) is 33.5 Å². The van der Waals surface area contributed by atoms with E-state index < -0.39 is 17.1 Å². The van der Waals surface area contributed by atoms with Crippen LogP contribution < -0.4 is 10.9 Å². The maximum absolute atomic E-state index is 13.1. The molecule has 1 aliphatic carbocycles. The molecule has 1 radical (unpaired) electrons. The van der Waals surface area contributed by atoms with Crippen LogP contribution >= 0.6 is 0 Å². The molecule has 2 aromatic rings. The molecule has 0 bridgehead atoms. The molecule has 2 N–H and O–H groups in total. The van der Waals surface area contributed by atoms with Gasteiger partial charge in [0.15, 0.2) is 5.78 Å². The van der Waals surface area contributed by atoms with E-state index in [1.54, 1.807) is 18.2 Å². The maximum Gasteiger partial charge on any atom is 0.343 e. The molecular weight excluding hydrogens is 342 g/mol. The topological polar surface area (TPSA) is 79.5 Å². The second kappa shape index (κ2) is 7.12. The van der Waals surface area contributed by atoms with Gasteiger partial charge in [0.05, 0.1) is 17.0 Å². The number of ketones is 1. The fraction of sp³-hybridized carbons (Fsp3) is 0.500. The van der Waals surface area contributed by atoms with Crippen LogP contribution in [0.3, 0.4) is 0 Å². The minimum atomic E-state index is -0.732. The lowest BCUT2D eigenvalue weighted by Gasteiger charge is -2.43. The fourth-order valence-electron chi connectivity index (χ4n) is 5.37. The Morgan fingerprint density at radius 3 is 2.74 bits per heavy atom. The SMILES string of the molecule is [CH2]CC(=O)[C@H]1NCCC1(c1c(O)c2ccccc2oc1=O)C1CCCCC1. The molecule has 1 saturated carbocycles. The number of carbonyl (C=O) groups excluding carboxylic acids is 1. The normalized spacial score (nSPS) is 26.5. The predicted molar refractivity (Wildman–Crippen MR) is 104 cm³/mol. The Balaban J connectivity index is 1.98. The molecule has 2 fully saturated rings. The number of Topliss-reactive ketones (excluding diaryl/α,β-unsaturated/α-hetero) is 1. The van der Waals surface area contributed by atoms with Gasteiger partial charge in [0.25, 0.3) is 0 Å². The average Bonchev–Trinajstić information content (AvgIpc) is 3.13. The summed E-state index contributed by atoms with van der Waals surface area (Å²) in [5.74, 6) is 0.125. The van der Waals surface area contributed by atoms with E-state index >= 15 is 0 Å². The number of fused-ring (bicyclic) bond motifs is 1. The van der Waals surface area contributed by atoms with E-state index in [-0.39, 0.29) is 29.4 Å². The molecule has 27 heavy (non-hydrogen) atoms. The van der Waals surface area contributed by atoms with Gasteiger partial charge in [0.1, 0.15) is 11.3 Å². The van der Waals surface area contributed by atoms with Gasteiger partial charge in [-0.1, -0.05) is 31.4 Å². The third-order valence-corrected chi connectivity index (χ3v) is 6.56. The Labute approximate surface area is 158 Å². The van der Waals surface area contributed by atoms with Crippen LogP contribution in [0.5, 0.6) is 5.75 Å². The van der Waals surface area contributed by atoms with E-state index in [1.807, 2.05) is 6.07 Å². The highest BCUT2D eigenvalue weighted by Gasteiger charge is 2.55. The number of hydrogen-bond donors (Lipinski definition) is 2. The highest BCUT2D eigenvalue weighted by molar-refractivity contribution is 5.89. The van der Waals surface area contributed by atoms with Gasteiger partial charge in [-0.05, 0) is 50.8 Å². The number of rotatable bonds is 4. The average molecular weight is 368 g/mol. The highest BCUT2D eigenvalue weighted by Crippen LogP contribution is 2.50. The maximum atomic E-state index is 13.1. The summed E-state index contributed by atoms with van der Waals surface area (Å²) in [5, 5.41) is 15.0. The summed E-state index contributed by atoms with van der Waals surface area (Å²) < 4.78 is 5.59. The summed E-state index contributed by atoms with van der Waals surface area (Å²) >= 11 is 0. The third-order valence-electron chi connectivity index (χ3n) is 6.56. The molecule has 143 valence electrons. The first kappa shape index (κ1) is 18.2. The minimum absolute atomic E-state index is 0.00923. The third kappa shape index (κ3) is 2.80. The quantitative estimate of drug-likeness (QED) is 0.808. The minimum Gasteiger partial charge on any atom is -0.507 e. The summed E-state index contributed by atoms with van der Waals surface area (Å²) in [7, 11) is 0. The standard InChI is InChI=1S/C22H26NO4/c1-2-16(24)20-22(12-13-23-20,14-8-4-3-5-9-14)18-19(25)15-10-6-7-11-17(15)27-21(18)26/h6-7,10-11,14,20,23,25H,1-5,8-9,12-13H2/t20-,22?/m1/s1. The van der Waals surface area contributed by atoms with Crippen molar-refractivity contribution in [2.75, 3.05) is 6.54 Å². The number of carbonyl (C=O) groups is 1. The van der Waals surface area contributed by atoms with Crippen LogP contribution in [0.4, 0.5) is 0 Å². The Kier molecular flexibility index (Phi) is 4.81. The van der Waals surface area contributed by atoms with Gasteiger partial charge >= 0.3 is 5.63 Å². The van der Waals surface area contributed by atoms with Gasteiger partial charge in [-0.15, -0.1) is 0 Å². The van der Waals surface area contributed by atoms with Crippen molar-refractivity contribution in [1.29, 1.82) is 0 Å². The van der Waals surface area contributed by atoms with Crippen LogP contribution in [0, 0.1) is 12.8 Å². The zero-order chi connectivity index (χ0) is 19.0. The smallest absolute Gasteiger partial charge is 0.343 e. The van der Waals surface area contributed by atoms with Gasteiger partial charge in [-0.2, -0.15) is 0 Å². The van der Waals surface area contributed by atoms with Gasteiger partial charge in [0.2, 0.25) is 0 Å². The van der Waals surface area contributed by atoms with Gasteiger partial charge < -0.3 is 14.8 Å². The molecule has 1 aliphatic heterocycles. The Morgan fingerprint density at radius 1 is 1.26 bits per heavy atom. The molecule has 1 aromatic carbocycles. The first-order valence-corrected chi connectivity index (χ1v) is 9.90. The first-order valence-electron chi connectivity index (χ1n) is 9.90. The monoisotopic (exact) mass is 368 g/mol. The summed E-state index contributed by atoms with van der Waals surface area (Å²) in [6.07, 6.45) is 6.04. The van der Waals surface area contributed by atoms with Gasteiger partial charge in [-0.3, -0.25) is 4.79 Å². The summed E-state index contributed by atoms with van der Waals surface area (Å²) in [6, 6.07) is 6.51. The number of benzene rings is 1. The zero-order valence-electron chi connectivity index (χ0n) is 15.5. The van der Waals surface area contributed by atoms with Crippen molar-refractivity contribution in [1.82, 2.24) is 5.32 Å². The number of para-hydroxylation sites is 1. The van der Waals surface area contributed by atoms with Crippen molar-refractivity contribution >= 4 is 16.8 Å². The fourth-order valence-corrected chi connectivity index (χ4v) is 5.37.